The zero-order valence-corrected chi connectivity index (χ0v) is 13.7. The van der Waals surface area contributed by atoms with Gasteiger partial charge in [-0.25, -0.2) is 0 Å². The fourth-order valence-electron chi connectivity index (χ4n) is 1.51. The van der Waals surface area contributed by atoms with Gasteiger partial charge in [0.15, 0.2) is 0 Å². The van der Waals surface area contributed by atoms with Crippen molar-refractivity contribution >= 4 is 18.2 Å². The zero-order valence-electron chi connectivity index (χ0n) is 13.7. The van der Waals surface area contributed by atoms with Crippen molar-refractivity contribution < 1.29 is 29.0 Å². The van der Waals surface area contributed by atoms with Crippen molar-refractivity contribution in [3.05, 3.63) is 0 Å². The van der Waals surface area contributed by atoms with Gasteiger partial charge in [0.25, 0.3) is 0 Å². The van der Waals surface area contributed by atoms with Gasteiger partial charge in [-0.05, 0) is 13.8 Å². The van der Waals surface area contributed by atoms with E-state index in [1.807, 2.05) is 0 Å². The molecule has 0 aliphatic carbocycles. The van der Waals surface area contributed by atoms with E-state index in [2.05, 4.69) is 10.6 Å². The van der Waals surface area contributed by atoms with Crippen LogP contribution in [0.15, 0.2) is 0 Å². The van der Waals surface area contributed by atoms with Crippen LogP contribution in [-0.2, 0) is 23.9 Å². The molecule has 0 bridgehead atoms. The average Bonchev–Trinajstić information content (AvgIpc) is 2.47. The Hall–Kier alpha value is -1.71. The standard InChI is InChI=1S/C14H27N3O6/c1-14(2,9-18)17-13(21)4-6-23-8-11(16-10-19)7-22-5-3-12(15)20/h10-11,18H,3-9H2,1-2H3,(H2,15,20)(H,16,19)(H,17,21). The second kappa shape index (κ2) is 11.8. The molecular weight excluding hydrogens is 306 g/mol. The van der Waals surface area contributed by atoms with Crippen LogP contribution < -0.4 is 16.4 Å². The number of nitrogens with one attached hydrogen (secondary N) is 2. The molecule has 5 N–H and O–H groups in total. The maximum absolute atomic E-state index is 11.6. The first-order valence-electron chi connectivity index (χ1n) is 7.36. The van der Waals surface area contributed by atoms with E-state index in [1.54, 1.807) is 13.8 Å². The Morgan fingerprint density at radius 1 is 1.22 bits per heavy atom. The monoisotopic (exact) mass is 333 g/mol. The van der Waals surface area contributed by atoms with Crippen LogP contribution in [0.2, 0.25) is 0 Å². The molecule has 0 aromatic carbocycles. The van der Waals surface area contributed by atoms with Gasteiger partial charge in [-0.3, -0.25) is 14.4 Å². The maximum atomic E-state index is 11.6. The minimum Gasteiger partial charge on any atom is -0.394 e. The van der Waals surface area contributed by atoms with Gasteiger partial charge in [0, 0.05) is 12.8 Å². The highest BCUT2D eigenvalue weighted by molar-refractivity contribution is 5.76. The smallest absolute Gasteiger partial charge is 0.222 e. The van der Waals surface area contributed by atoms with Crippen LogP contribution in [0.3, 0.4) is 0 Å². The van der Waals surface area contributed by atoms with E-state index in [0.717, 1.165) is 0 Å². The van der Waals surface area contributed by atoms with Gasteiger partial charge in [0.2, 0.25) is 18.2 Å². The fraction of sp³-hybridized carbons (Fsp3) is 0.786. The lowest BCUT2D eigenvalue weighted by Crippen LogP contribution is -2.46. The summed E-state index contributed by atoms with van der Waals surface area (Å²) >= 11 is 0. The molecule has 0 radical (unpaired) electrons. The topological polar surface area (TPSA) is 140 Å². The van der Waals surface area contributed by atoms with Gasteiger partial charge in [-0.15, -0.1) is 0 Å². The normalized spacial score (nSPS) is 12.5. The molecule has 1 atom stereocenters. The van der Waals surface area contributed by atoms with Crippen LogP contribution in [0, 0.1) is 0 Å². The number of aliphatic hydroxyl groups is 1. The molecule has 9 nitrogen and oxygen atoms in total. The van der Waals surface area contributed by atoms with Gasteiger partial charge in [0.1, 0.15) is 0 Å². The van der Waals surface area contributed by atoms with Crippen LogP contribution >= 0.6 is 0 Å². The summed E-state index contributed by atoms with van der Waals surface area (Å²) in [5.74, 6) is -0.695. The predicted octanol–water partition coefficient (Wildman–Crippen LogP) is -1.71. The van der Waals surface area contributed by atoms with Gasteiger partial charge in [0.05, 0.1) is 44.6 Å². The Kier molecular flexibility index (Phi) is 10.9. The molecule has 0 saturated carbocycles. The molecule has 0 saturated heterocycles. The third-order valence-corrected chi connectivity index (χ3v) is 2.78. The summed E-state index contributed by atoms with van der Waals surface area (Å²) in [5, 5.41) is 14.2. The Balaban J connectivity index is 3.88. The zero-order chi connectivity index (χ0) is 17.7. The highest BCUT2D eigenvalue weighted by atomic mass is 16.5. The van der Waals surface area contributed by atoms with Crippen molar-refractivity contribution in [3.8, 4) is 0 Å². The second-order valence-electron chi connectivity index (χ2n) is 5.69. The molecule has 0 aliphatic rings. The summed E-state index contributed by atoms with van der Waals surface area (Å²) in [4.78, 5) is 32.7. The minimum atomic E-state index is -0.674. The lowest BCUT2D eigenvalue weighted by atomic mass is 10.1. The third-order valence-electron chi connectivity index (χ3n) is 2.78. The van der Waals surface area contributed by atoms with Crippen molar-refractivity contribution in [1.29, 1.82) is 0 Å². The molecule has 23 heavy (non-hydrogen) atoms. The van der Waals surface area contributed by atoms with Crippen molar-refractivity contribution in [2.45, 2.75) is 38.3 Å². The van der Waals surface area contributed by atoms with Crippen LogP contribution in [0.25, 0.3) is 0 Å². The molecule has 9 heteroatoms. The van der Waals surface area contributed by atoms with E-state index in [9.17, 15) is 14.4 Å². The summed E-state index contributed by atoms with van der Waals surface area (Å²) in [6.45, 7) is 3.95. The number of carbonyl (C=O) groups excluding carboxylic acids is 3. The maximum Gasteiger partial charge on any atom is 0.222 e. The predicted molar refractivity (Wildman–Crippen MR) is 82.4 cm³/mol. The third kappa shape index (κ3) is 12.5. The molecule has 1 unspecified atom stereocenters. The lowest BCUT2D eigenvalue weighted by molar-refractivity contribution is -0.124. The van der Waals surface area contributed by atoms with Gasteiger partial charge in [-0.2, -0.15) is 0 Å². The Labute approximate surface area is 135 Å². The van der Waals surface area contributed by atoms with Gasteiger partial charge < -0.3 is 30.9 Å². The highest BCUT2D eigenvalue weighted by Crippen LogP contribution is 2.00. The first-order chi connectivity index (χ1) is 10.8. The Morgan fingerprint density at radius 3 is 2.26 bits per heavy atom. The van der Waals surface area contributed by atoms with Crippen molar-refractivity contribution in [2.24, 2.45) is 5.73 Å². The quantitative estimate of drug-likeness (QED) is 0.220. The van der Waals surface area contributed by atoms with Crippen LogP contribution in [0.5, 0.6) is 0 Å². The Morgan fingerprint density at radius 2 is 1.78 bits per heavy atom. The number of rotatable bonds is 14. The fourth-order valence-corrected chi connectivity index (χ4v) is 1.51. The summed E-state index contributed by atoms with van der Waals surface area (Å²) in [7, 11) is 0. The lowest BCUT2D eigenvalue weighted by Gasteiger charge is -2.23. The Bertz CT molecular complexity index is 376. The SMILES string of the molecule is CC(C)(CO)NC(=O)CCOCC(COCCC(N)=O)NC=O. The molecule has 134 valence electrons. The molecule has 0 heterocycles. The molecule has 0 aromatic rings. The minimum absolute atomic E-state index is 0.107. The molecule has 0 fully saturated rings. The average molecular weight is 333 g/mol. The number of aliphatic hydroxyl groups excluding tert-OH is 1. The van der Waals surface area contributed by atoms with Gasteiger partial charge in [-0.1, -0.05) is 0 Å². The molecule has 0 aliphatic heterocycles. The largest absolute Gasteiger partial charge is 0.394 e. The number of nitrogens with two attached hydrogens (primary N) is 1. The number of hydrogen-bond acceptors (Lipinski definition) is 6. The number of amides is 3. The number of ether oxygens (including phenoxy) is 2. The van der Waals surface area contributed by atoms with E-state index in [0.29, 0.717) is 6.41 Å². The van der Waals surface area contributed by atoms with E-state index < -0.39 is 11.4 Å². The molecular formula is C14H27N3O6. The summed E-state index contributed by atoms with van der Waals surface area (Å²) in [6.07, 6.45) is 0.775. The summed E-state index contributed by atoms with van der Waals surface area (Å²) in [5.41, 5.74) is 4.31. The van der Waals surface area contributed by atoms with Crippen LogP contribution in [0.1, 0.15) is 26.7 Å². The van der Waals surface area contributed by atoms with Crippen molar-refractivity contribution in [3.63, 3.8) is 0 Å². The first kappa shape index (κ1) is 21.3. The van der Waals surface area contributed by atoms with Crippen molar-refractivity contribution in [2.75, 3.05) is 33.0 Å². The highest BCUT2D eigenvalue weighted by Gasteiger charge is 2.18. The second-order valence-corrected chi connectivity index (χ2v) is 5.69. The van der Waals surface area contributed by atoms with Crippen LogP contribution in [-0.4, -0.2) is 67.9 Å². The molecule has 0 rings (SSSR count). The number of hydrogen-bond donors (Lipinski definition) is 4. The number of carbonyl (C=O) groups is 3. The van der Waals surface area contributed by atoms with E-state index in [-0.39, 0.29) is 57.8 Å². The van der Waals surface area contributed by atoms with E-state index in [4.69, 9.17) is 20.3 Å². The number of primary amides is 1. The first-order valence-corrected chi connectivity index (χ1v) is 7.36. The van der Waals surface area contributed by atoms with E-state index in [1.165, 1.54) is 0 Å². The molecule has 0 spiro atoms. The summed E-state index contributed by atoms with van der Waals surface area (Å²) in [6, 6.07) is -0.377. The van der Waals surface area contributed by atoms with E-state index >= 15 is 0 Å². The molecule has 0 aromatic heterocycles. The van der Waals surface area contributed by atoms with Gasteiger partial charge >= 0.3 is 0 Å². The molecule has 3 amide bonds. The summed E-state index contributed by atoms with van der Waals surface area (Å²) < 4.78 is 10.5. The van der Waals surface area contributed by atoms with Crippen molar-refractivity contribution in [1.82, 2.24) is 10.6 Å². The van der Waals surface area contributed by atoms with Crippen LogP contribution in [0.4, 0.5) is 0 Å².